The van der Waals surface area contributed by atoms with Crippen LogP contribution in [0.15, 0.2) is 0 Å². The molecule has 3 rings (SSSR count). The van der Waals surface area contributed by atoms with Gasteiger partial charge in [-0.3, -0.25) is 0 Å². The minimum atomic E-state index is 0.620. The minimum absolute atomic E-state index is 0.620. The van der Waals surface area contributed by atoms with Crippen LogP contribution in [0.3, 0.4) is 0 Å². The third-order valence-electron chi connectivity index (χ3n) is 3.86. The number of aromatic amines is 1. The molecule has 0 aromatic carbocycles. The highest BCUT2D eigenvalue weighted by Gasteiger charge is 2.20. The molecule has 0 bridgehead atoms. The van der Waals surface area contributed by atoms with E-state index in [1.54, 1.807) is 0 Å². The van der Waals surface area contributed by atoms with Gasteiger partial charge in [-0.15, -0.1) is 0 Å². The molecule has 2 aliphatic rings. The van der Waals surface area contributed by atoms with Gasteiger partial charge in [0.2, 0.25) is 0 Å². The van der Waals surface area contributed by atoms with Gasteiger partial charge in [-0.2, -0.15) is 11.8 Å². The van der Waals surface area contributed by atoms with E-state index < -0.39 is 0 Å². The van der Waals surface area contributed by atoms with E-state index in [0.717, 1.165) is 22.0 Å². The van der Waals surface area contributed by atoms with E-state index in [-0.39, 0.29) is 0 Å². The van der Waals surface area contributed by atoms with Crippen molar-refractivity contribution in [2.75, 3.05) is 0 Å². The summed E-state index contributed by atoms with van der Waals surface area (Å²) in [7, 11) is 0. The Balaban J connectivity index is 1.92. The van der Waals surface area contributed by atoms with Crippen LogP contribution in [0.2, 0.25) is 0 Å². The van der Waals surface area contributed by atoms with Gasteiger partial charge in [-0.25, -0.2) is 4.98 Å². The van der Waals surface area contributed by atoms with E-state index in [1.807, 2.05) is 11.8 Å². The lowest BCUT2D eigenvalue weighted by Crippen LogP contribution is -2.07. The predicted molar refractivity (Wildman–Crippen MR) is 74.9 cm³/mol. The fraction of sp³-hybridized carbons (Fsp3) is 0.692. The summed E-state index contributed by atoms with van der Waals surface area (Å²) in [5, 5.41) is 0. The average molecular weight is 266 g/mol. The van der Waals surface area contributed by atoms with Gasteiger partial charge >= 0.3 is 0 Å². The molecule has 1 fully saturated rings. The van der Waals surface area contributed by atoms with Crippen LogP contribution in [0.1, 0.15) is 61.5 Å². The van der Waals surface area contributed by atoms with Gasteiger partial charge in [-0.1, -0.05) is 37.9 Å². The molecule has 17 heavy (non-hydrogen) atoms. The van der Waals surface area contributed by atoms with Crippen molar-refractivity contribution < 1.29 is 0 Å². The van der Waals surface area contributed by atoms with E-state index >= 15 is 0 Å². The molecular weight excluding hydrogens is 248 g/mol. The molecule has 1 aliphatic heterocycles. The summed E-state index contributed by atoms with van der Waals surface area (Å²) in [5.74, 6) is 3.91. The van der Waals surface area contributed by atoms with Crippen LogP contribution in [0.4, 0.5) is 0 Å². The molecule has 1 aromatic rings. The largest absolute Gasteiger partial charge is 0.346 e. The molecule has 1 aliphatic carbocycles. The number of nitrogens with zero attached hydrogens (tertiary/aromatic N) is 1. The topological polar surface area (TPSA) is 28.7 Å². The Morgan fingerprint density at radius 3 is 2.65 bits per heavy atom. The molecule has 92 valence electrons. The van der Waals surface area contributed by atoms with E-state index in [1.165, 1.54) is 49.8 Å². The van der Waals surface area contributed by atoms with Crippen LogP contribution in [-0.2, 0) is 11.5 Å². The van der Waals surface area contributed by atoms with Crippen LogP contribution in [-0.4, -0.2) is 9.97 Å². The third-order valence-corrected chi connectivity index (χ3v) is 5.18. The highest BCUT2D eigenvalue weighted by Crippen LogP contribution is 2.33. The average Bonchev–Trinajstić information content (AvgIpc) is 2.63. The molecule has 1 aromatic heterocycles. The second kappa shape index (κ2) is 5.11. The Hall–Kier alpha value is -0.350. The molecule has 0 radical (unpaired) electrons. The number of thioether (sulfide) groups is 1. The van der Waals surface area contributed by atoms with Crippen molar-refractivity contribution >= 4 is 24.0 Å². The lowest BCUT2D eigenvalue weighted by atomic mass is 9.99. The van der Waals surface area contributed by atoms with Gasteiger partial charge in [0.05, 0.1) is 0 Å². The van der Waals surface area contributed by atoms with Crippen LogP contribution >= 0.6 is 24.0 Å². The predicted octanol–water partition coefficient (Wildman–Crippen LogP) is 4.32. The number of rotatable bonds is 1. The summed E-state index contributed by atoms with van der Waals surface area (Å²) in [6, 6.07) is 0. The van der Waals surface area contributed by atoms with Crippen molar-refractivity contribution in [3.05, 3.63) is 21.7 Å². The normalized spacial score (nSPS) is 21.2. The van der Waals surface area contributed by atoms with Gasteiger partial charge in [-0.05, 0) is 12.8 Å². The van der Waals surface area contributed by atoms with Crippen LogP contribution in [0.25, 0.3) is 0 Å². The summed E-state index contributed by atoms with van der Waals surface area (Å²) in [5.41, 5.74) is 2.62. The Labute approximate surface area is 112 Å². The van der Waals surface area contributed by atoms with E-state index in [9.17, 15) is 0 Å². The van der Waals surface area contributed by atoms with Crippen molar-refractivity contribution in [1.82, 2.24) is 9.97 Å². The highest BCUT2D eigenvalue weighted by molar-refractivity contribution is 7.98. The maximum atomic E-state index is 5.42. The van der Waals surface area contributed by atoms with E-state index in [2.05, 4.69) is 9.97 Å². The first-order chi connectivity index (χ1) is 8.34. The Kier molecular flexibility index (Phi) is 3.52. The first-order valence-corrected chi connectivity index (χ1v) is 8.10. The summed E-state index contributed by atoms with van der Waals surface area (Å²) >= 11 is 7.36. The monoisotopic (exact) mass is 266 g/mol. The Morgan fingerprint density at radius 2 is 1.88 bits per heavy atom. The number of aromatic nitrogens is 2. The van der Waals surface area contributed by atoms with E-state index in [4.69, 9.17) is 12.2 Å². The fourth-order valence-corrected chi connectivity index (χ4v) is 4.29. The summed E-state index contributed by atoms with van der Waals surface area (Å²) in [6.07, 6.45) is 8.03. The van der Waals surface area contributed by atoms with Crippen molar-refractivity contribution in [2.24, 2.45) is 0 Å². The van der Waals surface area contributed by atoms with Crippen molar-refractivity contribution in [2.45, 2.75) is 55.9 Å². The standard InChI is InChI=1S/C13H18N2S2/c16-13-10-7-17-8-11(10)14-12(15-13)9-5-3-1-2-4-6-9/h9H,1-8H2,(H,14,15,16). The van der Waals surface area contributed by atoms with Crippen molar-refractivity contribution in [3.8, 4) is 0 Å². The molecule has 0 amide bonds. The molecule has 2 nitrogen and oxygen atoms in total. The lowest BCUT2D eigenvalue weighted by Gasteiger charge is -2.14. The van der Waals surface area contributed by atoms with Gasteiger partial charge < -0.3 is 4.98 Å². The number of hydrogen-bond acceptors (Lipinski definition) is 3. The fourth-order valence-electron chi connectivity index (χ4n) is 2.84. The highest BCUT2D eigenvalue weighted by atomic mass is 32.2. The molecule has 0 atom stereocenters. The lowest BCUT2D eigenvalue weighted by molar-refractivity contribution is 0.557. The molecule has 1 N–H and O–H groups in total. The first-order valence-electron chi connectivity index (χ1n) is 6.54. The first kappa shape index (κ1) is 11.7. The van der Waals surface area contributed by atoms with Crippen molar-refractivity contribution in [3.63, 3.8) is 0 Å². The van der Waals surface area contributed by atoms with Gasteiger partial charge in [0.15, 0.2) is 0 Å². The van der Waals surface area contributed by atoms with Crippen LogP contribution in [0, 0.1) is 4.64 Å². The van der Waals surface area contributed by atoms with Crippen molar-refractivity contribution in [1.29, 1.82) is 0 Å². The number of H-pyrrole nitrogens is 1. The summed E-state index contributed by atoms with van der Waals surface area (Å²) in [4.78, 5) is 8.22. The molecule has 0 saturated heterocycles. The Bertz CT molecular complexity index is 459. The minimum Gasteiger partial charge on any atom is -0.346 e. The zero-order valence-electron chi connectivity index (χ0n) is 10.00. The second-order valence-electron chi connectivity index (χ2n) is 5.07. The molecule has 4 heteroatoms. The van der Waals surface area contributed by atoms with Crippen LogP contribution < -0.4 is 0 Å². The Morgan fingerprint density at radius 1 is 1.12 bits per heavy atom. The van der Waals surface area contributed by atoms with Gasteiger partial charge in [0.1, 0.15) is 10.5 Å². The number of fused-ring (bicyclic) bond motifs is 1. The molecular formula is C13H18N2S2. The molecule has 2 heterocycles. The number of nitrogens with one attached hydrogen (secondary N) is 1. The zero-order chi connectivity index (χ0) is 11.7. The molecule has 0 unspecified atom stereocenters. The SMILES string of the molecule is S=c1nc(C2CCCCCC2)[nH]c2c1CSC2. The van der Waals surface area contributed by atoms with Gasteiger partial charge in [0, 0.05) is 28.7 Å². The number of hydrogen-bond donors (Lipinski definition) is 1. The third kappa shape index (κ3) is 2.43. The van der Waals surface area contributed by atoms with Gasteiger partial charge in [0.25, 0.3) is 0 Å². The van der Waals surface area contributed by atoms with E-state index in [0.29, 0.717) is 5.92 Å². The second-order valence-corrected chi connectivity index (χ2v) is 6.44. The zero-order valence-corrected chi connectivity index (χ0v) is 11.6. The maximum Gasteiger partial charge on any atom is 0.134 e. The smallest absolute Gasteiger partial charge is 0.134 e. The summed E-state index contributed by atoms with van der Waals surface area (Å²) < 4.78 is 0.850. The summed E-state index contributed by atoms with van der Waals surface area (Å²) in [6.45, 7) is 0. The maximum absolute atomic E-state index is 5.42. The molecule has 0 spiro atoms. The quantitative estimate of drug-likeness (QED) is 0.606. The molecule has 1 saturated carbocycles. The van der Waals surface area contributed by atoms with Crippen LogP contribution in [0.5, 0.6) is 0 Å².